The molecule has 0 aliphatic rings. The average molecular weight is 211 g/mol. The molecule has 0 spiro atoms. The third-order valence-electron chi connectivity index (χ3n) is 2.22. The Hall–Kier alpha value is -1.75. The molecule has 0 heterocycles. The summed E-state index contributed by atoms with van der Waals surface area (Å²) in [5.74, 6) is -1.01. The molecule has 0 fully saturated rings. The van der Waals surface area contributed by atoms with Crippen LogP contribution in [-0.2, 0) is 10.3 Å². The van der Waals surface area contributed by atoms with Gasteiger partial charge in [0.15, 0.2) is 11.5 Å². The molecular formula is C10H13NO4. The molecule has 1 unspecified atom stereocenters. The predicted molar refractivity (Wildman–Crippen MR) is 53.8 cm³/mol. The van der Waals surface area contributed by atoms with E-state index in [-0.39, 0.29) is 11.5 Å². The van der Waals surface area contributed by atoms with Gasteiger partial charge in [-0.15, -0.1) is 0 Å². The van der Waals surface area contributed by atoms with E-state index < -0.39 is 11.5 Å². The maximum absolute atomic E-state index is 10.8. The van der Waals surface area contributed by atoms with E-state index in [1.54, 1.807) is 0 Å². The lowest BCUT2D eigenvalue weighted by molar-refractivity contribution is -0.143. The summed E-state index contributed by atoms with van der Waals surface area (Å²) in [5.41, 5.74) is 4.38. The highest BCUT2D eigenvalue weighted by Gasteiger charge is 2.30. The Morgan fingerprint density at radius 2 is 2.13 bits per heavy atom. The molecule has 0 aromatic heterocycles. The molecule has 4 N–H and O–H groups in total. The van der Waals surface area contributed by atoms with Crippen molar-refractivity contribution in [3.05, 3.63) is 23.8 Å². The van der Waals surface area contributed by atoms with Gasteiger partial charge in [-0.2, -0.15) is 0 Å². The van der Waals surface area contributed by atoms with E-state index in [2.05, 4.69) is 0 Å². The Bertz CT molecular complexity index is 387. The first kappa shape index (κ1) is 11.3. The van der Waals surface area contributed by atoms with Gasteiger partial charge in [0.05, 0.1) is 7.11 Å². The lowest BCUT2D eigenvalue weighted by Gasteiger charge is -2.20. The number of carboxylic acid groups (broad SMARTS) is 1. The van der Waals surface area contributed by atoms with Crippen LogP contribution in [0.25, 0.3) is 0 Å². The smallest absolute Gasteiger partial charge is 0.328 e. The molecule has 1 rings (SSSR count). The molecule has 1 aromatic carbocycles. The normalized spacial score (nSPS) is 14.3. The third kappa shape index (κ3) is 2.02. The number of ether oxygens (including phenoxy) is 1. The summed E-state index contributed by atoms with van der Waals surface area (Å²) in [4.78, 5) is 10.8. The number of carbonyl (C=O) groups is 1. The number of nitrogens with two attached hydrogens (primary N) is 1. The van der Waals surface area contributed by atoms with Gasteiger partial charge in [-0.3, -0.25) is 0 Å². The van der Waals surface area contributed by atoms with E-state index in [0.29, 0.717) is 5.56 Å². The van der Waals surface area contributed by atoms with Crippen molar-refractivity contribution in [2.75, 3.05) is 7.11 Å². The van der Waals surface area contributed by atoms with Crippen LogP contribution in [-0.4, -0.2) is 23.3 Å². The first-order chi connectivity index (χ1) is 6.89. The van der Waals surface area contributed by atoms with Crippen LogP contribution in [0.1, 0.15) is 12.5 Å². The summed E-state index contributed by atoms with van der Waals surface area (Å²) in [6.07, 6.45) is 0. The van der Waals surface area contributed by atoms with E-state index in [1.165, 1.54) is 32.2 Å². The second-order valence-corrected chi connectivity index (χ2v) is 3.39. The third-order valence-corrected chi connectivity index (χ3v) is 2.22. The molecule has 5 heteroatoms. The van der Waals surface area contributed by atoms with Crippen molar-refractivity contribution >= 4 is 5.97 Å². The van der Waals surface area contributed by atoms with E-state index >= 15 is 0 Å². The van der Waals surface area contributed by atoms with Gasteiger partial charge in [-0.1, -0.05) is 6.07 Å². The zero-order valence-corrected chi connectivity index (χ0v) is 8.52. The largest absolute Gasteiger partial charge is 0.504 e. The van der Waals surface area contributed by atoms with Gasteiger partial charge in [-0.25, -0.2) is 4.79 Å². The molecule has 0 saturated heterocycles. The molecule has 0 bridgehead atoms. The molecule has 0 amide bonds. The fraction of sp³-hybridized carbons (Fsp3) is 0.300. The highest BCUT2D eigenvalue weighted by atomic mass is 16.5. The molecule has 1 aromatic rings. The average Bonchev–Trinajstić information content (AvgIpc) is 2.17. The highest BCUT2D eigenvalue weighted by molar-refractivity contribution is 5.80. The molecule has 0 radical (unpaired) electrons. The number of hydrogen-bond acceptors (Lipinski definition) is 4. The quantitative estimate of drug-likeness (QED) is 0.683. The summed E-state index contributed by atoms with van der Waals surface area (Å²) < 4.78 is 4.83. The van der Waals surface area contributed by atoms with Crippen molar-refractivity contribution in [3.8, 4) is 11.5 Å². The highest BCUT2D eigenvalue weighted by Crippen LogP contribution is 2.30. The number of rotatable bonds is 3. The van der Waals surface area contributed by atoms with Crippen LogP contribution in [0, 0.1) is 0 Å². The monoisotopic (exact) mass is 211 g/mol. The molecule has 0 aliphatic carbocycles. The van der Waals surface area contributed by atoms with Gasteiger partial charge in [0.2, 0.25) is 0 Å². The number of phenolic OH excluding ortho intramolecular Hbond substituents is 1. The number of benzene rings is 1. The summed E-state index contributed by atoms with van der Waals surface area (Å²) in [5, 5.41) is 18.3. The van der Waals surface area contributed by atoms with E-state index in [1.807, 2.05) is 0 Å². The van der Waals surface area contributed by atoms with Gasteiger partial charge in [0, 0.05) is 0 Å². The maximum atomic E-state index is 10.8. The van der Waals surface area contributed by atoms with Crippen molar-refractivity contribution in [1.82, 2.24) is 0 Å². The molecular weight excluding hydrogens is 198 g/mol. The maximum Gasteiger partial charge on any atom is 0.328 e. The van der Waals surface area contributed by atoms with Crippen LogP contribution < -0.4 is 10.5 Å². The number of phenols is 1. The van der Waals surface area contributed by atoms with Crippen molar-refractivity contribution in [2.45, 2.75) is 12.5 Å². The first-order valence-electron chi connectivity index (χ1n) is 4.29. The molecule has 1 atom stereocenters. The minimum atomic E-state index is -1.52. The zero-order valence-electron chi connectivity index (χ0n) is 8.52. The van der Waals surface area contributed by atoms with Crippen LogP contribution in [0.3, 0.4) is 0 Å². The SMILES string of the molecule is COc1ccc(C(C)(N)C(=O)O)cc1O. The second kappa shape index (κ2) is 3.78. The Labute approximate surface area is 87.1 Å². The predicted octanol–water partition coefficient (Wildman–Crippen LogP) is 0.659. The minimum Gasteiger partial charge on any atom is -0.504 e. The lowest BCUT2D eigenvalue weighted by atomic mass is 9.93. The molecule has 15 heavy (non-hydrogen) atoms. The molecule has 0 aliphatic heterocycles. The standard InChI is InChI=1S/C10H13NO4/c1-10(11,9(13)14)6-3-4-8(15-2)7(12)5-6/h3-5,12H,11H2,1-2H3,(H,13,14). The topological polar surface area (TPSA) is 92.8 Å². The van der Waals surface area contributed by atoms with E-state index in [9.17, 15) is 9.90 Å². The summed E-state index contributed by atoms with van der Waals surface area (Å²) >= 11 is 0. The van der Waals surface area contributed by atoms with Crippen molar-refractivity contribution in [2.24, 2.45) is 5.73 Å². The van der Waals surface area contributed by atoms with Gasteiger partial charge < -0.3 is 20.7 Å². The number of aliphatic carboxylic acids is 1. The Morgan fingerprint density at radius 1 is 1.53 bits per heavy atom. The second-order valence-electron chi connectivity index (χ2n) is 3.39. The summed E-state index contributed by atoms with van der Waals surface area (Å²) in [6.45, 7) is 1.36. The minimum absolute atomic E-state index is 0.132. The molecule has 0 saturated carbocycles. The van der Waals surface area contributed by atoms with Gasteiger partial charge in [0.1, 0.15) is 5.54 Å². The number of methoxy groups -OCH3 is 1. The zero-order chi connectivity index (χ0) is 11.6. The summed E-state index contributed by atoms with van der Waals surface area (Å²) in [6, 6.07) is 4.26. The fourth-order valence-corrected chi connectivity index (χ4v) is 1.14. The van der Waals surface area contributed by atoms with E-state index in [0.717, 1.165) is 0 Å². The number of aromatic hydroxyl groups is 1. The van der Waals surface area contributed by atoms with Crippen LogP contribution in [0.5, 0.6) is 11.5 Å². The van der Waals surface area contributed by atoms with Gasteiger partial charge in [0.25, 0.3) is 0 Å². The molecule has 82 valence electrons. The first-order valence-corrected chi connectivity index (χ1v) is 4.29. The van der Waals surface area contributed by atoms with Crippen LogP contribution in [0.4, 0.5) is 0 Å². The summed E-state index contributed by atoms with van der Waals surface area (Å²) in [7, 11) is 1.41. The van der Waals surface area contributed by atoms with E-state index in [4.69, 9.17) is 15.6 Å². The Kier molecular flexibility index (Phi) is 2.85. The van der Waals surface area contributed by atoms with Crippen molar-refractivity contribution in [1.29, 1.82) is 0 Å². The Morgan fingerprint density at radius 3 is 2.53 bits per heavy atom. The number of hydrogen-bond donors (Lipinski definition) is 3. The number of carboxylic acids is 1. The van der Waals surface area contributed by atoms with Crippen molar-refractivity contribution < 1.29 is 19.7 Å². The van der Waals surface area contributed by atoms with Crippen LogP contribution in [0.2, 0.25) is 0 Å². The lowest BCUT2D eigenvalue weighted by Crippen LogP contribution is -2.41. The van der Waals surface area contributed by atoms with Gasteiger partial charge >= 0.3 is 5.97 Å². The van der Waals surface area contributed by atoms with Crippen LogP contribution in [0.15, 0.2) is 18.2 Å². The van der Waals surface area contributed by atoms with Gasteiger partial charge in [-0.05, 0) is 24.6 Å². The van der Waals surface area contributed by atoms with Crippen LogP contribution >= 0.6 is 0 Å². The fourth-order valence-electron chi connectivity index (χ4n) is 1.14. The van der Waals surface area contributed by atoms with Crippen molar-refractivity contribution in [3.63, 3.8) is 0 Å². The Balaban J connectivity index is 3.18. The molecule has 5 nitrogen and oxygen atoms in total.